The molecule has 0 spiro atoms. The van der Waals surface area contributed by atoms with E-state index in [4.69, 9.17) is 4.52 Å². The monoisotopic (exact) mass is 377 g/mol. The van der Waals surface area contributed by atoms with Crippen molar-refractivity contribution in [1.82, 2.24) is 5.16 Å². The Kier molecular flexibility index (Phi) is 4.67. The highest BCUT2D eigenvalue weighted by Crippen LogP contribution is 2.33. The number of hydrogen-bond donors (Lipinski definition) is 2. The fourth-order valence-corrected chi connectivity index (χ4v) is 3.12. The number of fused-ring (bicyclic) bond motifs is 1. The highest BCUT2D eigenvalue weighted by atomic mass is 16.5. The van der Waals surface area contributed by atoms with Gasteiger partial charge in [-0.25, -0.2) is 0 Å². The van der Waals surface area contributed by atoms with Crippen molar-refractivity contribution in [2.24, 2.45) is 0 Å². The Labute approximate surface area is 161 Å². The predicted octanol–water partition coefficient (Wildman–Crippen LogP) is 3.13. The number of anilines is 4. The van der Waals surface area contributed by atoms with Crippen LogP contribution in [0.1, 0.15) is 17.3 Å². The molecule has 0 saturated carbocycles. The highest BCUT2D eigenvalue weighted by molar-refractivity contribution is 6.04. The van der Waals surface area contributed by atoms with E-state index in [1.165, 1.54) is 6.26 Å². The van der Waals surface area contributed by atoms with Crippen molar-refractivity contribution in [3.05, 3.63) is 66.4 Å². The van der Waals surface area contributed by atoms with Crippen LogP contribution < -0.4 is 20.7 Å². The number of para-hydroxylation sites is 2. The molecule has 1 aliphatic heterocycles. The third-order valence-corrected chi connectivity index (χ3v) is 4.46. The summed E-state index contributed by atoms with van der Waals surface area (Å²) in [5, 5.41) is 8.11. The van der Waals surface area contributed by atoms with Crippen LogP contribution in [0.15, 0.2) is 65.4 Å². The average molecular weight is 377 g/mol. The predicted molar refractivity (Wildman–Crippen MR) is 106 cm³/mol. The topological polar surface area (TPSA) is 90.7 Å². The van der Waals surface area contributed by atoms with Gasteiger partial charge in [-0.1, -0.05) is 17.3 Å². The second kappa shape index (κ2) is 7.43. The molecular formula is C20H19N5O3. The highest BCUT2D eigenvalue weighted by Gasteiger charge is 2.28. The van der Waals surface area contributed by atoms with Crippen LogP contribution in [-0.2, 0) is 4.79 Å². The Hall–Kier alpha value is -3.81. The zero-order valence-electron chi connectivity index (χ0n) is 15.3. The van der Waals surface area contributed by atoms with E-state index in [-0.39, 0.29) is 18.4 Å². The molecule has 0 atom stereocenters. The van der Waals surface area contributed by atoms with Crippen molar-refractivity contribution in [2.45, 2.75) is 6.92 Å². The molecule has 8 heteroatoms. The van der Waals surface area contributed by atoms with Gasteiger partial charge < -0.3 is 14.7 Å². The van der Waals surface area contributed by atoms with Gasteiger partial charge in [0.1, 0.15) is 12.8 Å². The third-order valence-electron chi connectivity index (χ3n) is 4.46. The van der Waals surface area contributed by atoms with Crippen LogP contribution in [-0.4, -0.2) is 30.1 Å². The molecule has 0 bridgehead atoms. The van der Waals surface area contributed by atoms with Crippen LogP contribution in [0.25, 0.3) is 0 Å². The lowest BCUT2D eigenvalue weighted by Gasteiger charge is -2.37. The Morgan fingerprint density at radius 3 is 2.54 bits per heavy atom. The van der Waals surface area contributed by atoms with Crippen LogP contribution in [0.4, 0.5) is 22.9 Å². The summed E-state index contributed by atoms with van der Waals surface area (Å²) in [6.07, 6.45) is 1.39. The molecule has 1 aromatic heterocycles. The van der Waals surface area contributed by atoms with Gasteiger partial charge in [0.25, 0.3) is 5.91 Å². The molecule has 1 aliphatic rings. The van der Waals surface area contributed by atoms with Crippen LogP contribution in [0, 0.1) is 0 Å². The van der Waals surface area contributed by atoms with Crippen molar-refractivity contribution >= 4 is 34.7 Å². The van der Waals surface area contributed by atoms with Crippen molar-refractivity contribution in [1.29, 1.82) is 0 Å². The zero-order valence-corrected chi connectivity index (χ0v) is 15.3. The van der Waals surface area contributed by atoms with Gasteiger partial charge in [0, 0.05) is 18.2 Å². The van der Waals surface area contributed by atoms with E-state index in [9.17, 15) is 9.59 Å². The molecule has 3 aromatic rings. The molecule has 142 valence electrons. The first-order valence-corrected chi connectivity index (χ1v) is 8.91. The molecule has 0 unspecified atom stereocenters. The first kappa shape index (κ1) is 17.6. The van der Waals surface area contributed by atoms with Gasteiger partial charge in [0.2, 0.25) is 5.91 Å². The van der Waals surface area contributed by atoms with Crippen molar-refractivity contribution in [3.8, 4) is 0 Å². The summed E-state index contributed by atoms with van der Waals surface area (Å²) >= 11 is 0. The van der Waals surface area contributed by atoms with Crippen LogP contribution >= 0.6 is 0 Å². The molecule has 2 amide bonds. The summed E-state index contributed by atoms with van der Waals surface area (Å²) in [4.78, 5) is 26.4. The zero-order chi connectivity index (χ0) is 19.5. The normalized spacial score (nSPS) is 13.2. The maximum absolute atomic E-state index is 12.5. The smallest absolute Gasteiger partial charge is 0.256 e. The number of carbonyl (C=O) groups is 2. The Morgan fingerprint density at radius 1 is 1.11 bits per heavy atom. The lowest BCUT2D eigenvalue weighted by Crippen LogP contribution is -2.47. The Bertz CT molecular complexity index is 985. The molecule has 8 nitrogen and oxygen atoms in total. The van der Waals surface area contributed by atoms with Gasteiger partial charge >= 0.3 is 0 Å². The SMILES string of the molecule is CCN1C(=O)CN(Nc2ccc(C(=O)Nc3ccon3)cc2)c2ccccc21. The number of nitrogens with one attached hydrogen (secondary N) is 2. The van der Waals surface area contributed by atoms with Crippen LogP contribution in [0.2, 0.25) is 0 Å². The van der Waals surface area contributed by atoms with Gasteiger partial charge in [-0.05, 0) is 43.3 Å². The van der Waals surface area contributed by atoms with Gasteiger partial charge in [-0.2, -0.15) is 0 Å². The first-order chi connectivity index (χ1) is 13.7. The molecular weight excluding hydrogens is 358 g/mol. The van der Waals surface area contributed by atoms with E-state index in [2.05, 4.69) is 15.9 Å². The molecule has 0 saturated heterocycles. The molecule has 0 radical (unpaired) electrons. The van der Waals surface area contributed by atoms with E-state index in [1.807, 2.05) is 36.2 Å². The molecule has 0 fully saturated rings. The van der Waals surface area contributed by atoms with Crippen molar-refractivity contribution < 1.29 is 14.1 Å². The number of hydrogen-bond acceptors (Lipinski definition) is 6. The van der Waals surface area contributed by atoms with Gasteiger partial charge in [-0.15, -0.1) is 0 Å². The minimum absolute atomic E-state index is 0.0253. The van der Waals surface area contributed by atoms with E-state index in [0.717, 1.165) is 17.1 Å². The largest absolute Gasteiger partial charge is 0.363 e. The Balaban J connectivity index is 1.50. The lowest BCUT2D eigenvalue weighted by molar-refractivity contribution is -0.117. The summed E-state index contributed by atoms with van der Waals surface area (Å²) in [7, 11) is 0. The third kappa shape index (κ3) is 3.39. The van der Waals surface area contributed by atoms with E-state index >= 15 is 0 Å². The fourth-order valence-electron chi connectivity index (χ4n) is 3.12. The Morgan fingerprint density at radius 2 is 1.86 bits per heavy atom. The second-order valence-corrected chi connectivity index (χ2v) is 6.24. The standard InChI is InChI=1S/C20H19N5O3/c1-2-24-16-5-3-4-6-17(16)25(13-19(24)26)22-15-9-7-14(8-10-15)20(27)21-18-11-12-28-23-18/h3-12,22H,2,13H2,1H3,(H,21,23,27). The number of hydrazine groups is 1. The second-order valence-electron chi connectivity index (χ2n) is 6.24. The molecule has 4 rings (SSSR count). The molecule has 2 aromatic carbocycles. The van der Waals surface area contributed by atoms with E-state index < -0.39 is 0 Å². The summed E-state index contributed by atoms with van der Waals surface area (Å²) in [6, 6.07) is 16.3. The number of rotatable bonds is 5. The number of carbonyl (C=O) groups excluding carboxylic acids is 2. The summed E-state index contributed by atoms with van der Waals surface area (Å²) in [5.41, 5.74) is 6.31. The van der Waals surface area contributed by atoms with Gasteiger partial charge in [0.15, 0.2) is 5.82 Å². The number of likely N-dealkylation sites (N-methyl/N-ethyl adjacent to an activating group) is 1. The number of nitrogens with zero attached hydrogens (tertiary/aromatic N) is 3. The number of amides is 2. The van der Waals surface area contributed by atoms with Crippen molar-refractivity contribution in [2.75, 3.05) is 33.7 Å². The maximum Gasteiger partial charge on any atom is 0.256 e. The molecule has 0 aliphatic carbocycles. The van der Waals surface area contributed by atoms with E-state index in [0.29, 0.717) is 17.9 Å². The summed E-state index contributed by atoms with van der Waals surface area (Å²) in [5.74, 6) is 0.103. The summed E-state index contributed by atoms with van der Waals surface area (Å²) < 4.78 is 4.70. The maximum atomic E-state index is 12.5. The average Bonchev–Trinajstić information content (AvgIpc) is 3.22. The minimum Gasteiger partial charge on any atom is -0.363 e. The van der Waals surface area contributed by atoms with Gasteiger partial charge in [0.05, 0.1) is 17.1 Å². The number of benzene rings is 2. The van der Waals surface area contributed by atoms with Crippen molar-refractivity contribution in [3.63, 3.8) is 0 Å². The molecule has 2 heterocycles. The summed E-state index contributed by atoms with van der Waals surface area (Å²) in [6.45, 7) is 2.80. The quantitative estimate of drug-likeness (QED) is 0.710. The van der Waals surface area contributed by atoms with Gasteiger partial charge in [-0.3, -0.25) is 20.0 Å². The lowest BCUT2D eigenvalue weighted by atomic mass is 10.1. The molecule has 28 heavy (non-hydrogen) atoms. The minimum atomic E-state index is -0.280. The van der Waals surface area contributed by atoms with Crippen LogP contribution in [0.5, 0.6) is 0 Å². The first-order valence-electron chi connectivity index (χ1n) is 8.91. The van der Waals surface area contributed by atoms with Crippen LogP contribution in [0.3, 0.4) is 0 Å². The fraction of sp³-hybridized carbons (Fsp3) is 0.150. The van der Waals surface area contributed by atoms with E-state index in [1.54, 1.807) is 35.2 Å². The number of aromatic nitrogens is 1. The molecule has 2 N–H and O–H groups in total.